The summed E-state index contributed by atoms with van der Waals surface area (Å²) in [5.41, 5.74) is 0.168. The number of pyridine rings is 1. The Labute approximate surface area is 168 Å². The molecule has 0 bridgehead atoms. The van der Waals surface area contributed by atoms with Crippen LogP contribution in [-0.4, -0.2) is 16.8 Å². The van der Waals surface area contributed by atoms with E-state index in [1.54, 1.807) is 0 Å². The zero-order valence-electron chi connectivity index (χ0n) is 15.4. The molecule has 3 rings (SSSR count). The number of aromatic nitrogens is 1. The first-order valence-corrected chi connectivity index (χ1v) is 8.74. The van der Waals surface area contributed by atoms with Gasteiger partial charge in [0.25, 0.3) is 11.8 Å². The molecule has 3 aromatic rings. The Morgan fingerprint density at radius 2 is 1.27 bits per heavy atom. The van der Waals surface area contributed by atoms with E-state index in [1.807, 2.05) is 0 Å². The van der Waals surface area contributed by atoms with Crippen molar-refractivity contribution in [3.63, 3.8) is 0 Å². The van der Waals surface area contributed by atoms with E-state index in [-0.39, 0.29) is 35.5 Å². The third kappa shape index (κ3) is 5.19. The number of rotatable bonds is 6. The number of nitrogens with zero attached hydrogens (tertiary/aromatic N) is 1. The van der Waals surface area contributed by atoms with Gasteiger partial charge in [-0.05, 0) is 24.3 Å². The Bertz CT molecular complexity index is 1020. The maximum Gasteiger partial charge on any atom is 0.270 e. The molecule has 0 fully saturated rings. The van der Waals surface area contributed by atoms with Crippen LogP contribution in [0.2, 0.25) is 0 Å². The van der Waals surface area contributed by atoms with E-state index in [0.29, 0.717) is 12.1 Å². The minimum absolute atomic E-state index is 0.0833. The number of amides is 2. The lowest BCUT2D eigenvalue weighted by atomic mass is 10.1. The molecule has 0 saturated heterocycles. The molecule has 0 aliphatic rings. The van der Waals surface area contributed by atoms with Gasteiger partial charge < -0.3 is 10.6 Å². The highest BCUT2D eigenvalue weighted by atomic mass is 19.1. The van der Waals surface area contributed by atoms with E-state index in [4.69, 9.17) is 0 Å². The molecular formula is C21H15F4N3O2. The second-order valence-electron chi connectivity index (χ2n) is 6.27. The molecule has 1 heterocycles. The molecule has 154 valence electrons. The number of hydrogen-bond donors (Lipinski definition) is 2. The minimum atomic E-state index is -0.801. The molecule has 2 N–H and O–H groups in total. The number of carbonyl (C=O) groups excluding carboxylic acids is 2. The number of carbonyl (C=O) groups is 2. The van der Waals surface area contributed by atoms with Crippen molar-refractivity contribution in [3.8, 4) is 0 Å². The van der Waals surface area contributed by atoms with Crippen molar-refractivity contribution < 1.29 is 27.2 Å². The number of hydrogen-bond acceptors (Lipinski definition) is 3. The van der Waals surface area contributed by atoms with Crippen LogP contribution in [0.5, 0.6) is 0 Å². The van der Waals surface area contributed by atoms with Gasteiger partial charge in [-0.15, -0.1) is 0 Å². The van der Waals surface area contributed by atoms with E-state index in [0.717, 1.165) is 12.1 Å². The molecule has 0 radical (unpaired) electrons. The van der Waals surface area contributed by atoms with Gasteiger partial charge in [0.05, 0.1) is 0 Å². The first-order valence-electron chi connectivity index (χ1n) is 8.74. The minimum Gasteiger partial charge on any atom is -0.348 e. The highest BCUT2D eigenvalue weighted by Gasteiger charge is 2.13. The van der Waals surface area contributed by atoms with Crippen molar-refractivity contribution in [2.45, 2.75) is 13.1 Å². The first-order chi connectivity index (χ1) is 14.3. The highest BCUT2D eigenvalue weighted by Crippen LogP contribution is 2.11. The Balaban J connectivity index is 1.62. The monoisotopic (exact) mass is 417 g/mol. The van der Waals surface area contributed by atoms with Crippen LogP contribution in [0.4, 0.5) is 17.6 Å². The van der Waals surface area contributed by atoms with Crippen LogP contribution >= 0.6 is 0 Å². The zero-order valence-corrected chi connectivity index (χ0v) is 15.4. The third-order valence-electron chi connectivity index (χ3n) is 4.16. The fourth-order valence-corrected chi connectivity index (χ4v) is 2.57. The first kappa shape index (κ1) is 21.0. The Morgan fingerprint density at radius 1 is 0.733 bits per heavy atom. The van der Waals surface area contributed by atoms with Crippen LogP contribution in [0.15, 0.2) is 54.7 Å². The van der Waals surface area contributed by atoms with Gasteiger partial charge in [0.15, 0.2) is 0 Å². The lowest BCUT2D eigenvalue weighted by molar-refractivity contribution is 0.0945. The van der Waals surface area contributed by atoms with Crippen LogP contribution < -0.4 is 10.6 Å². The number of benzene rings is 2. The molecule has 0 aliphatic carbocycles. The van der Waals surface area contributed by atoms with Gasteiger partial charge >= 0.3 is 0 Å². The predicted molar refractivity (Wildman–Crippen MR) is 99.3 cm³/mol. The van der Waals surface area contributed by atoms with E-state index >= 15 is 0 Å². The van der Waals surface area contributed by atoms with Gasteiger partial charge in [-0.2, -0.15) is 0 Å². The van der Waals surface area contributed by atoms with Crippen LogP contribution in [0.1, 0.15) is 32.0 Å². The topological polar surface area (TPSA) is 71.1 Å². The lowest BCUT2D eigenvalue weighted by Gasteiger charge is -2.09. The van der Waals surface area contributed by atoms with E-state index in [2.05, 4.69) is 15.6 Å². The van der Waals surface area contributed by atoms with Gasteiger partial charge in [0.1, 0.15) is 29.0 Å². The molecule has 1 aromatic heterocycles. The molecule has 9 heteroatoms. The van der Waals surface area contributed by atoms with Crippen LogP contribution in [0.25, 0.3) is 0 Å². The molecule has 2 amide bonds. The molecule has 0 saturated carbocycles. The summed E-state index contributed by atoms with van der Waals surface area (Å²) in [6, 6.07) is 8.54. The summed E-state index contributed by atoms with van der Waals surface area (Å²) in [6.45, 7) is -0.383. The van der Waals surface area contributed by atoms with Gasteiger partial charge in [-0.3, -0.25) is 14.6 Å². The molecular weight excluding hydrogens is 402 g/mol. The van der Waals surface area contributed by atoms with E-state index in [9.17, 15) is 27.2 Å². The summed E-state index contributed by atoms with van der Waals surface area (Å²) < 4.78 is 53.2. The number of nitrogens with one attached hydrogen (secondary N) is 2. The van der Waals surface area contributed by atoms with E-state index < -0.39 is 35.1 Å². The van der Waals surface area contributed by atoms with Crippen molar-refractivity contribution in [2.75, 3.05) is 0 Å². The second-order valence-corrected chi connectivity index (χ2v) is 6.27. The number of halogens is 4. The summed E-state index contributed by atoms with van der Waals surface area (Å²) in [7, 11) is 0. The molecule has 0 spiro atoms. The quantitative estimate of drug-likeness (QED) is 0.603. The molecule has 5 nitrogen and oxygen atoms in total. The average Bonchev–Trinajstić information content (AvgIpc) is 2.72. The maximum atomic E-state index is 13.6. The largest absolute Gasteiger partial charge is 0.348 e. The van der Waals surface area contributed by atoms with Crippen molar-refractivity contribution in [1.82, 2.24) is 15.6 Å². The average molecular weight is 417 g/mol. The summed E-state index contributed by atoms with van der Waals surface area (Å²) in [5, 5.41) is 4.90. The summed E-state index contributed by atoms with van der Waals surface area (Å²) >= 11 is 0. The van der Waals surface area contributed by atoms with Crippen molar-refractivity contribution >= 4 is 11.8 Å². The van der Waals surface area contributed by atoms with Gasteiger partial charge in [0, 0.05) is 48.1 Å². The molecule has 2 aromatic carbocycles. The van der Waals surface area contributed by atoms with Crippen molar-refractivity contribution in [1.29, 1.82) is 0 Å². The zero-order chi connectivity index (χ0) is 21.7. The van der Waals surface area contributed by atoms with Crippen molar-refractivity contribution in [2.24, 2.45) is 0 Å². The molecule has 0 unspecified atom stereocenters. The molecule has 30 heavy (non-hydrogen) atoms. The normalized spacial score (nSPS) is 10.5. The summed E-state index contributed by atoms with van der Waals surface area (Å²) in [6.07, 6.45) is 1.24. The molecule has 0 atom stereocenters. The van der Waals surface area contributed by atoms with Gasteiger partial charge in [0.2, 0.25) is 0 Å². The maximum absolute atomic E-state index is 13.6. The summed E-state index contributed by atoms with van der Waals surface area (Å²) in [5.74, 6) is -4.32. The lowest BCUT2D eigenvalue weighted by Crippen LogP contribution is -2.26. The molecule has 0 aliphatic heterocycles. The standard InChI is InChI=1S/C21H15F4N3O2/c22-15-3-1-13(17(24)8-15)10-27-20(29)12-5-6-26-19(7-12)21(30)28-11-14-2-4-16(23)9-18(14)25/h1-9H,10-11H2,(H,27,29)(H,28,30). The highest BCUT2D eigenvalue weighted by molar-refractivity contribution is 5.98. The Hall–Kier alpha value is -3.75. The van der Waals surface area contributed by atoms with Crippen LogP contribution in [-0.2, 0) is 13.1 Å². The second kappa shape index (κ2) is 9.17. The van der Waals surface area contributed by atoms with E-state index in [1.165, 1.54) is 30.5 Å². The SMILES string of the molecule is O=C(NCc1ccc(F)cc1F)c1ccnc(C(=O)NCc2ccc(F)cc2F)c1. The Morgan fingerprint density at radius 3 is 1.80 bits per heavy atom. The summed E-state index contributed by atoms with van der Waals surface area (Å²) in [4.78, 5) is 28.4. The fourth-order valence-electron chi connectivity index (χ4n) is 2.57. The van der Waals surface area contributed by atoms with Crippen LogP contribution in [0.3, 0.4) is 0 Å². The fraction of sp³-hybridized carbons (Fsp3) is 0.0952. The van der Waals surface area contributed by atoms with Gasteiger partial charge in [-0.25, -0.2) is 17.6 Å². The van der Waals surface area contributed by atoms with Gasteiger partial charge in [-0.1, -0.05) is 12.1 Å². The van der Waals surface area contributed by atoms with Crippen LogP contribution in [0, 0.1) is 23.3 Å². The Kier molecular flexibility index (Phi) is 6.41. The predicted octanol–water partition coefficient (Wildman–Crippen LogP) is 3.50. The third-order valence-corrected chi connectivity index (χ3v) is 4.16. The van der Waals surface area contributed by atoms with Crippen molar-refractivity contribution in [3.05, 3.63) is 100 Å². The smallest absolute Gasteiger partial charge is 0.270 e.